The van der Waals surface area contributed by atoms with Crippen molar-refractivity contribution in [1.82, 2.24) is 14.8 Å². The lowest BCUT2D eigenvalue weighted by atomic mass is 9.86. The number of rotatable bonds is 4. The minimum absolute atomic E-state index is 0.127. The van der Waals surface area contributed by atoms with Crippen molar-refractivity contribution < 1.29 is 0 Å². The number of benzene rings is 1. The molecule has 0 radical (unpaired) electrons. The van der Waals surface area contributed by atoms with E-state index in [2.05, 4.69) is 65.9 Å². The largest absolute Gasteiger partial charge is 0.299 e. The Morgan fingerprint density at radius 1 is 1.12 bits per heavy atom. The van der Waals surface area contributed by atoms with Crippen molar-refractivity contribution >= 4 is 11.8 Å². The van der Waals surface area contributed by atoms with Crippen LogP contribution in [0.5, 0.6) is 0 Å². The van der Waals surface area contributed by atoms with E-state index >= 15 is 0 Å². The molecule has 138 valence electrons. The Morgan fingerprint density at radius 2 is 1.77 bits per heavy atom. The summed E-state index contributed by atoms with van der Waals surface area (Å²) in [5, 5.41) is 18.9. The monoisotopic (exact) mass is 368 g/mol. The molecule has 0 aliphatic heterocycles. The summed E-state index contributed by atoms with van der Waals surface area (Å²) in [6.07, 6.45) is 6.15. The normalized spacial score (nSPS) is 17.0. The van der Waals surface area contributed by atoms with Crippen molar-refractivity contribution in [3.63, 3.8) is 0 Å². The second-order valence-electron chi connectivity index (χ2n) is 8.18. The molecule has 0 spiro atoms. The van der Waals surface area contributed by atoms with E-state index in [1.807, 2.05) is 6.92 Å². The van der Waals surface area contributed by atoms with E-state index in [1.54, 1.807) is 0 Å². The molecule has 1 heterocycles. The minimum Gasteiger partial charge on any atom is -0.299 e. The topological polar surface area (TPSA) is 54.5 Å². The lowest BCUT2D eigenvalue weighted by Crippen LogP contribution is -2.16. The highest BCUT2D eigenvalue weighted by Crippen LogP contribution is 2.37. The van der Waals surface area contributed by atoms with E-state index in [4.69, 9.17) is 0 Å². The summed E-state index contributed by atoms with van der Waals surface area (Å²) in [6, 6.07) is 11.4. The van der Waals surface area contributed by atoms with Crippen LogP contribution in [0.3, 0.4) is 0 Å². The van der Waals surface area contributed by atoms with Gasteiger partial charge in [-0.1, -0.05) is 76.1 Å². The molecule has 1 aromatic heterocycles. The fourth-order valence-electron chi connectivity index (χ4n) is 3.53. The molecule has 1 saturated carbocycles. The predicted octanol–water partition coefficient (Wildman–Crippen LogP) is 5.75. The van der Waals surface area contributed by atoms with Gasteiger partial charge in [-0.3, -0.25) is 4.57 Å². The van der Waals surface area contributed by atoms with Crippen LogP contribution < -0.4 is 0 Å². The Labute approximate surface area is 161 Å². The molecule has 1 aromatic carbocycles. The van der Waals surface area contributed by atoms with Gasteiger partial charge in [0.15, 0.2) is 11.0 Å². The first-order valence-corrected chi connectivity index (χ1v) is 10.4. The van der Waals surface area contributed by atoms with Crippen molar-refractivity contribution in [3.8, 4) is 17.5 Å². The van der Waals surface area contributed by atoms with E-state index in [9.17, 15) is 5.26 Å². The Bertz CT molecular complexity index is 774. The molecule has 1 fully saturated rings. The van der Waals surface area contributed by atoms with E-state index in [-0.39, 0.29) is 10.7 Å². The van der Waals surface area contributed by atoms with Crippen LogP contribution in [0.15, 0.2) is 29.4 Å². The van der Waals surface area contributed by atoms with Gasteiger partial charge >= 0.3 is 0 Å². The van der Waals surface area contributed by atoms with E-state index < -0.39 is 0 Å². The molecule has 4 nitrogen and oxygen atoms in total. The van der Waals surface area contributed by atoms with Crippen LogP contribution >= 0.6 is 11.8 Å². The fraction of sp³-hybridized carbons (Fsp3) is 0.571. The van der Waals surface area contributed by atoms with Crippen molar-refractivity contribution in [2.75, 3.05) is 0 Å². The van der Waals surface area contributed by atoms with E-state index in [0.717, 1.165) is 16.5 Å². The maximum absolute atomic E-state index is 9.20. The molecule has 1 atom stereocenters. The van der Waals surface area contributed by atoms with Crippen LogP contribution in [0.1, 0.15) is 71.4 Å². The lowest BCUT2D eigenvalue weighted by Gasteiger charge is -2.26. The summed E-state index contributed by atoms with van der Waals surface area (Å²) in [6.45, 7) is 8.60. The van der Waals surface area contributed by atoms with Gasteiger partial charge in [0.1, 0.15) is 0 Å². The van der Waals surface area contributed by atoms with Gasteiger partial charge in [-0.25, -0.2) is 0 Å². The standard InChI is InChI=1S/C21H28N4S/c1-15(14-22)26-20-24-23-19(25(20)18-8-6-5-7-9-18)16-10-12-17(13-11-16)21(2,3)4/h10-13,15,18H,5-9H2,1-4H3. The smallest absolute Gasteiger partial charge is 0.193 e. The quantitative estimate of drug-likeness (QED) is 0.645. The molecular weight excluding hydrogens is 340 g/mol. The van der Waals surface area contributed by atoms with Gasteiger partial charge in [-0.05, 0) is 30.7 Å². The van der Waals surface area contributed by atoms with Gasteiger partial charge in [0, 0.05) is 11.6 Å². The molecule has 0 bridgehead atoms. The zero-order valence-electron chi connectivity index (χ0n) is 16.2. The zero-order valence-corrected chi connectivity index (χ0v) is 17.0. The molecule has 1 aliphatic carbocycles. The van der Waals surface area contributed by atoms with E-state index in [0.29, 0.717) is 6.04 Å². The molecule has 0 saturated heterocycles. The van der Waals surface area contributed by atoms with Crippen molar-refractivity contribution in [2.45, 2.75) is 81.7 Å². The second-order valence-corrected chi connectivity index (χ2v) is 9.49. The second kappa shape index (κ2) is 7.84. The van der Waals surface area contributed by atoms with Crippen molar-refractivity contribution in [3.05, 3.63) is 29.8 Å². The lowest BCUT2D eigenvalue weighted by molar-refractivity contribution is 0.339. The molecular formula is C21H28N4S. The summed E-state index contributed by atoms with van der Waals surface area (Å²) in [4.78, 5) is 0. The minimum atomic E-state index is -0.127. The molecule has 2 aromatic rings. The summed E-state index contributed by atoms with van der Waals surface area (Å²) in [5.74, 6) is 0.935. The Balaban J connectivity index is 1.99. The van der Waals surface area contributed by atoms with Crippen LogP contribution in [0.25, 0.3) is 11.4 Å². The zero-order chi connectivity index (χ0) is 18.7. The number of nitriles is 1. The van der Waals surface area contributed by atoms with E-state index in [1.165, 1.54) is 49.4 Å². The molecule has 1 aliphatic rings. The number of aromatic nitrogens is 3. The van der Waals surface area contributed by atoms with Crippen LogP contribution in [0.4, 0.5) is 0 Å². The third kappa shape index (κ3) is 4.12. The van der Waals surface area contributed by atoms with Crippen molar-refractivity contribution in [1.29, 1.82) is 5.26 Å². The first-order chi connectivity index (χ1) is 12.4. The van der Waals surface area contributed by atoms with Crippen LogP contribution in [-0.4, -0.2) is 20.0 Å². The Hall–Kier alpha value is -1.80. The average Bonchev–Trinajstić information content (AvgIpc) is 3.05. The van der Waals surface area contributed by atoms with Gasteiger partial charge in [-0.15, -0.1) is 10.2 Å². The first-order valence-electron chi connectivity index (χ1n) is 9.52. The third-order valence-electron chi connectivity index (χ3n) is 5.08. The summed E-state index contributed by atoms with van der Waals surface area (Å²) in [5.41, 5.74) is 2.56. The summed E-state index contributed by atoms with van der Waals surface area (Å²) < 4.78 is 2.30. The highest BCUT2D eigenvalue weighted by molar-refractivity contribution is 8.00. The highest BCUT2D eigenvalue weighted by atomic mass is 32.2. The van der Waals surface area contributed by atoms with Gasteiger partial charge in [0.2, 0.25) is 0 Å². The summed E-state index contributed by atoms with van der Waals surface area (Å²) >= 11 is 1.51. The maximum Gasteiger partial charge on any atom is 0.193 e. The van der Waals surface area contributed by atoms with Crippen LogP contribution in [0, 0.1) is 11.3 Å². The molecule has 5 heteroatoms. The van der Waals surface area contributed by atoms with Gasteiger partial charge in [0.05, 0.1) is 11.3 Å². The fourth-order valence-corrected chi connectivity index (χ4v) is 4.33. The number of nitrogens with zero attached hydrogens (tertiary/aromatic N) is 4. The molecule has 0 amide bonds. The molecule has 3 rings (SSSR count). The number of hydrogen-bond acceptors (Lipinski definition) is 4. The van der Waals surface area contributed by atoms with Crippen molar-refractivity contribution in [2.24, 2.45) is 0 Å². The molecule has 0 N–H and O–H groups in total. The highest BCUT2D eigenvalue weighted by Gasteiger charge is 2.25. The average molecular weight is 369 g/mol. The van der Waals surface area contributed by atoms with Gasteiger partial charge in [-0.2, -0.15) is 5.26 Å². The number of hydrogen-bond donors (Lipinski definition) is 0. The first kappa shape index (κ1) is 19.0. The van der Waals surface area contributed by atoms with Gasteiger partial charge in [0.25, 0.3) is 0 Å². The Morgan fingerprint density at radius 3 is 2.35 bits per heavy atom. The Kier molecular flexibility index (Phi) is 5.72. The third-order valence-corrected chi connectivity index (χ3v) is 6.03. The van der Waals surface area contributed by atoms with Gasteiger partial charge < -0.3 is 0 Å². The number of thioether (sulfide) groups is 1. The molecule has 1 unspecified atom stereocenters. The van der Waals surface area contributed by atoms with Crippen LogP contribution in [0.2, 0.25) is 0 Å². The summed E-state index contributed by atoms with van der Waals surface area (Å²) in [7, 11) is 0. The maximum atomic E-state index is 9.20. The predicted molar refractivity (Wildman–Crippen MR) is 107 cm³/mol. The SMILES string of the molecule is CC(C#N)Sc1nnc(-c2ccc(C(C)(C)C)cc2)n1C1CCCCC1. The molecule has 26 heavy (non-hydrogen) atoms. The van der Waals surface area contributed by atoms with Crippen LogP contribution in [-0.2, 0) is 5.41 Å².